The SMILES string of the molecule is CC.CCC.CN(C)/C=C\N(C=O)c1ccc(-c2cc(F)cc(-c3cc(N4CCNCC4)c4cn[nH]c4c3)c2O)cc1Cl. The van der Waals surface area contributed by atoms with E-state index in [0.29, 0.717) is 34.4 Å². The Kier molecular flexibility index (Phi) is 12.4. The first kappa shape index (κ1) is 33.4. The van der Waals surface area contributed by atoms with Gasteiger partial charge in [-0.05, 0) is 47.5 Å². The molecule has 43 heavy (non-hydrogen) atoms. The molecule has 1 aliphatic heterocycles. The lowest BCUT2D eigenvalue weighted by Gasteiger charge is -2.30. The number of carbonyl (C=O) groups excluding carboxylic acids is 1. The lowest BCUT2D eigenvalue weighted by atomic mass is 9.95. The fourth-order valence-electron chi connectivity index (χ4n) is 4.66. The van der Waals surface area contributed by atoms with Crippen LogP contribution in [0.15, 0.2) is 61.1 Å². The summed E-state index contributed by atoms with van der Waals surface area (Å²) < 4.78 is 15.0. The Hall–Kier alpha value is -4.08. The van der Waals surface area contributed by atoms with Gasteiger partial charge in [-0.2, -0.15) is 5.10 Å². The highest BCUT2D eigenvalue weighted by atomic mass is 35.5. The molecule has 1 amide bonds. The van der Waals surface area contributed by atoms with Gasteiger partial charge in [0.25, 0.3) is 0 Å². The Morgan fingerprint density at radius 1 is 1.02 bits per heavy atom. The number of hydrogen-bond donors (Lipinski definition) is 3. The molecule has 0 spiro atoms. The maximum Gasteiger partial charge on any atom is 0.218 e. The van der Waals surface area contributed by atoms with E-state index < -0.39 is 5.82 Å². The van der Waals surface area contributed by atoms with Crippen LogP contribution in [0.3, 0.4) is 0 Å². The first-order valence-corrected chi connectivity index (χ1v) is 15.0. The van der Waals surface area contributed by atoms with Gasteiger partial charge >= 0.3 is 0 Å². The van der Waals surface area contributed by atoms with Crippen molar-refractivity contribution in [2.24, 2.45) is 0 Å². The van der Waals surface area contributed by atoms with Crippen LogP contribution in [0.2, 0.25) is 5.02 Å². The van der Waals surface area contributed by atoms with Crippen LogP contribution in [-0.4, -0.2) is 66.9 Å². The van der Waals surface area contributed by atoms with Gasteiger partial charge < -0.3 is 20.2 Å². The molecule has 3 aromatic carbocycles. The Morgan fingerprint density at radius 3 is 2.28 bits per heavy atom. The lowest BCUT2D eigenvalue weighted by Crippen LogP contribution is -2.43. The maximum absolute atomic E-state index is 15.0. The van der Waals surface area contributed by atoms with Gasteiger partial charge in [-0.3, -0.25) is 14.8 Å². The van der Waals surface area contributed by atoms with Crippen LogP contribution in [0.1, 0.15) is 34.1 Å². The number of fused-ring (bicyclic) bond motifs is 1. The lowest BCUT2D eigenvalue weighted by molar-refractivity contribution is -0.106. The summed E-state index contributed by atoms with van der Waals surface area (Å²) in [5.74, 6) is -0.565. The van der Waals surface area contributed by atoms with E-state index >= 15 is 0 Å². The number of H-pyrrole nitrogens is 1. The van der Waals surface area contributed by atoms with Gasteiger partial charge in [-0.15, -0.1) is 0 Å². The number of benzene rings is 3. The van der Waals surface area contributed by atoms with Crippen molar-refractivity contribution in [1.29, 1.82) is 0 Å². The number of anilines is 2. The zero-order chi connectivity index (χ0) is 31.5. The summed E-state index contributed by atoms with van der Waals surface area (Å²) in [6.07, 6.45) is 7.00. The number of nitrogens with zero attached hydrogens (tertiary/aromatic N) is 4. The van der Waals surface area contributed by atoms with Gasteiger partial charge in [-0.1, -0.05) is 51.8 Å². The fraction of sp³-hybridized carbons (Fsp3) is 0.333. The molecule has 3 N–H and O–H groups in total. The highest BCUT2D eigenvalue weighted by molar-refractivity contribution is 6.34. The number of nitrogens with one attached hydrogen (secondary N) is 2. The van der Waals surface area contributed by atoms with Crippen molar-refractivity contribution in [3.8, 4) is 28.0 Å². The summed E-state index contributed by atoms with van der Waals surface area (Å²) in [6.45, 7) is 11.6. The minimum Gasteiger partial charge on any atom is -0.507 e. The van der Waals surface area contributed by atoms with E-state index in [1.165, 1.54) is 23.5 Å². The molecule has 10 heteroatoms. The number of piperazine rings is 1. The molecule has 5 rings (SSSR count). The van der Waals surface area contributed by atoms with Gasteiger partial charge in [-0.25, -0.2) is 4.39 Å². The van der Waals surface area contributed by atoms with Crippen LogP contribution < -0.4 is 15.1 Å². The van der Waals surface area contributed by atoms with E-state index in [-0.39, 0.29) is 10.8 Å². The third-order valence-corrected chi connectivity index (χ3v) is 6.86. The smallest absolute Gasteiger partial charge is 0.218 e. The summed E-state index contributed by atoms with van der Waals surface area (Å²) in [5.41, 5.74) is 4.07. The number of aromatic amines is 1. The molecular formula is C33H42ClFN6O2. The standard InChI is InChI=1S/C28H28ClFN6O2.C3H8.C2H6/c1-34(2)9-10-36(17-37)26-4-3-18(11-24(26)29)21-14-20(30)15-22(28(21)38)19-12-25-23(16-32-33-25)27(13-19)35-7-5-31-6-8-35;1-3-2;1-2/h3-4,9-17,31,38H,5-8H2,1-2H3,(H,32,33);3H2,1-2H3;1-2H3/b10-9-;;. The van der Waals surface area contributed by atoms with Crippen LogP contribution in [-0.2, 0) is 4.79 Å². The number of phenolic OH excluding ortho intramolecular Hbond substituents is 1. The van der Waals surface area contributed by atoms with Crippen molar-refractivity contribution in [3.63, 3.8) is 0 Å². The number of aromatic hydroxyl groups is 1. The molecule has 4 aromatic rings. The van der Waals surface area contributed by atoms with Crippen LogP contribution in [0, 0.1) is 5.82 Å². The second kappa shape index (κ2) is 16.0. The van der Waals surface area contributed by atoms with Gasteiger partial charge in [0.15, 0.2) is 0 Å². The molecule has 0 atom stereocenters. The average molecular weight is 609 g/mol. The topological polar surface area (TPSA) is 87.7 Å². The van der Waals surface area contributed by atoms with Crippen molar-refractivity contribution in [1.82, 2.24) is 20.4 Å². The van der Waals surface area contributed by atoms with Crippen molar-refractivity contribution in [2.75, 3.05) is 50.1 Å². The Bertz CT molecular complexity index is 1530. The van der Waals surface area contributed by atoms with E-state index in [1.54, 1.807) is 41.7 Å². The first-order valence-electron chi connectivity index (χ1n) is 14.6. The first-order chi connectivity index (χ1) is 20.8. The minimum absolute atomic E-state index is 0.0694. The summed E-state index contributed by atoms with van der Waals surface area (Å²) >= 11 is 6.53. The Balaban J connectivity index is 0.000000953. The highest BCUT2D eigenvalue weighted by Gasteiger charge is 2.20. The fourth-order valence-corrected chi connectivity index (χ4v) is 4.93. The van der Waals surface area contributed by atoms with Crippen LogP contribution in [0.25, 0.3) is 33.2 Å². The number of halogens is 2. The van der Waals surface area contributed by atoms with E-state index in [1.807, 2.05) is 40.1 Å². The molecule has 0 unspecified atom stereocenters. The molecular weight excluding hydrogens is 567 g/mol. The van der Waals surface area contributed by atoms with E-state index in [9.17, 15) is 14.3 Å². The van der Waals surface area contributed by atoms with Gasteiger partial charge in [0.2, 0.25) is 6.41 Å². The zero-order valence-electron chi connectivity index (χ0n) is 25.8. The third kappa shape index (κ3) is 8.06. The van der Waals surface area contributed by atoms with Crippen molar-refractivity contribution < 1.29 is 14.3 Å². The number of amides is 1. The molecule has 0 radical (unpaired) electrons. The number of hydrogen-bond acceptors (Lipinski definition) is 6. The maximum atomic E-state index is 15.0. The molecule has 1 saturated heterocycles. The van der Waals surface area contributed by atoms with E-state index in [4.69, 9.17) is 11.6 Å². The molecule has 1 aromatic heterocycles. The van der Waals surface area contributed by atoms with Gasteiger partial charge in [0.05, 0.1) is 22.4 Å². The quantitative estimate of drug-likeness (QED) is 0.192. The predicted octanol–water partition coefficient (Wildman–Crippen LogP) is 7.24. The summed E-state index contributed by atoms with van der Waals surface area (Å²) in [7, 11) is 3.68. The second-order valence-electron chi connectivity index (χ2n) is 10.1. The van der Waals surface area contributed by atoms with E-state index in [0.717, 1.165) is 42.8 Å². The number of carbonyl (C=O) groups is 1. The summed E-state index contributed by atoms with van der Waals surface area (Å²) in [4.78, 5) is 17.0. The molecule has 0 aliphatic carbocycles. The van der Waals surface area contributed by atoms with Gasteiger partial charge in [0.1, 0.15) is 11.6 Å². The zero-order valence-corrected chi connectivity index (χ0v) is 26.5. The van der Waals surface area contributed by atoms with E-state index in [2.05, 4.69) is 34.3 Å². The molecule has 230 valence electrons. The number of phenols is 1. The third-order valence-electron chi connectivity index (χ3n) is 6.56. The van der Waals surface area contributed by atoms with Crippen LogP contribution in [0.4, 0.5) is 15.8 Å². The molecule has 1 aliphatic rings. The molecule has 0 saturated carbocycles. The summed E-state index contributed by atoms with van der Waals surface area (Å²) in [6, 6.07) is 11.4. The average Bonchev–Trinajstić information content (AvgIpc) is 3.49. The van der Waals surface area contributed by atoms with Crippen molar-refractivity contribution in [2.45, 2.75) is 34.1 Å². The van der Waals surface area contributed by atoms with Crippen LogP contribution >= 0.6 is 11.6 Å². The second-order valence-corrected chi connectivity index (χ2v) is 10.5. The van der Waals surface area contributed by atoms with Crippen molar-refractivity contribution >= 4 is 40.3 Å². The normalized spacial score (nSPS) is 12.8. The highest BCUT2D eigenvalue weighted by Crippen LogP contribution is 2.43. The largest absolute Gasteiger partial charge is 0.507 e. The molecule has 1 fully saturated rings. The molecule has 2 heterocycles. The molecule has 8 nitrogen and oxygen atoms in total. The van der Waals surface area contributed by atoms with Gasteiger partial charge in [0, 0.05) is 74.9 Å². The van der Waals surface area contributed by atoms with Crippen LogP contribution in [0.5, 0.6) is 5.75 Å². The minimum atomic E-state index is -0.495. The summed E-state index contributed by atoms with van der Waals surface area (Å²) in [5, 5.41) is 23.2. The molecule has 0 bridgehead atoms. The monoisotopic (exact) mass is 608 g/mol. The van der Waals surface area contributed by atoms with Crippen molar-refractivity contribution in [3.05, 3.63) is 71.9 Å². The Labute approximate surface area is 258 Å². The Morgan fingerprint density at radius 2 is 1.67 bits per heavy atom. The number of rotatable bonds is 7. The predicted molar refractivity (Wildman–Crippen MR) is 177 cm³/mol. The number of aromatic nitrogens is 2.